The molecule has 1 radical (unpaired) electrons. The van der Waals surface area contributed by atoms with Crippen molar-refractivity contribution < 1.29 is 24.5 Å². The second-order valence-electron chi connectivity index (χ2n) is 22.2. The van der Waals surface area contributed by atoms with Gasteiger partial charge >= 0.3 is 0 Å². The molecular weight excluding hydrogens is 1080 g/mol. The number of furan rings is 1. The van der Waals surface area contributed by atoms with E-state index in [2.05, 4.69) is 243 Å². The summed E-state index contributed by atoms with van der Waals surface area (Å²) in [6.07, 6.45) is 9.20. The molecule has 0 saturated heterocycles. The molecular formula is C67H71IrN3OSi. The number of hydrogen-bond donors (Lipinski definition) is 0. The smallest absolute Gasteiger partial charge is 0.145 e. The van der Waals surface area contributed by atoms with Crippen LogP contribution in [0.3, 0.4) is 0 Å². The van der Waals surface area contributed by atoms with Gasteiger partial charge in [-0.15, -0.1) is 0 Å². The van der Waals surface area contributed by atoms with Crippen LogP contribution in [0.5, 0.6) is 0 Å². The van der Waals surface area contributed by atoms with Gasteiger partial charge in [-0.2, -0.15) is 0 Å². The summed E-state index contributed by atoms with van der Waals surface area (Å²) < 4.78 is 6.59. The molecule has 10 aromatic rings. The van der Waals surface area contributed by atoms with Crippen LogP contribution >= 0.6 is 0 Å². The average molecular weight is 1150 g/mol. The quantitative estimate of drug-likeness (QED) is 0.121. The molecule has 0 aliphatic heterocycles. The zero-order valence-corrected chi connectivity index (χ0v) is 47.8. The van der Waals surface area contributed by atoms with Gasteiger partial charge in [-0.25, -0.2) is 0 Å². The molecule has 0 fully saturated rings. The minimum Gasteiger partial charge on any atom is -0.455 e. The van der Waals surface area contributed by atoms with Crippen LogP contribution in [-0.4, -0.2) is 23.0 Å². The van der Waals surface area contributed by atoms with Gasteiger partial charge in [0.1, 0.15) is 11.2 Å². The van der Waals surface area contributed by atoms with Crippen molar-refractivity contribution in [2.75, 3.05) is 0 Å². The van der Waals surface area contributed by atoms with Crippen molar-refractivity contribution in [1.82, 2.24) is 15.0 Å². The molecule has 0 bridgehead atoms. The molecule has 0 aliphatic rings. The van der Waals surface area contributed by atoms with Crippen LogP contribution in [-0.2, 0) is 39.4 Å². The third-order valence-corrected chi connectivity index (χ3v) is 14.7. The third-order valence-electron chi connectivity index (χ3n) is 12.7. The van der Waals surface area contributed by atoms with Gasteiger partial charge in [-0.1, -0.05) is 202 Å². The fourth-order valence-corrected chi connectivity index (χ4v) is 11.1. The SMILES string of the molecule is CC(C)(C)Cc1ccnc(-c2ccc(-c3ccccc3)c3c2oc2ccc(-c4ccccc4)cc23)c1.CC(C)Cc1cc(-c2ccccc2)ncc1[Si](C)(C)C.CC(C)Cc1ccnc(-c2ccccc2)c1.[Ir]. The predicted octanol–water partition coefficient (Wildman–Crippen LogP) is 18.0. The van der Waals surface area contributed by atoms with Gasteiger partial charge in [-0.05, 0) is 129 Å². The Morgan fingerprint density at radius 3 is 1.55 bits per heavy atom. The van der Waals surface area contributed by atoms with Crippen molar-refractivity contribution in [3.63, 3.8) is 0 Å². The summed E-state index contributed by atoms with van der Waals surface area (Å²) in [5, 5.41) is 3.76. The maximum atomic E-state index is 6.59. The summed E-state index contributed by atoms with van der Waals surface area (Å²) in [6, 6.07) is 63.7. The molecule has 73 heavy (non-hydrogen) atoms. The first-order valence-electron chi connectivity index (χ1n) is 25.7. The van der Waals surface area contributed by atoms with Gasteiger partial charge < -0.3 is 4.42 Å². The minimum atomic E-state index is -1.33. The Hall–Kier alpha value is -6.56. The monoisotopic (exact) mass is 1150 g/mol. The van der Waals surface area contributed by atoms with E-state index in [-0.39, 0.29) is 25.5 Å². The molecule has 0 N–H and O–H groups in total. The van der Waals surface area contributed by atoms with Gasteiger partial charge in [0.15, 0.2) is 0 Å². The van der Waals surface area contributed by atoms with Gasteiger partial charge in [0, 0.05) is 66.2 Å². The van der Waals surface area contributed by atoms with Crippen LogP contribution in [0.4, 0.5) is 0 Å². The van der Waals surface area contributed by atoms with E-state index in [9.17, 15) is 0 Å². The summed E-state index contributed by atoms with van der Waals surface area (Å²) in [5.74, 6) is 1.36. The Balaban J connectivity index is 0.000000178. The van der Waals surface area contributed by atoms with E-state index in [0.29, 0.717) is 11.8 Å². The maximum absolute atomic E-state index is 6.59. The van der Waals surface area contributed by atoms with Crippen LogP contribution in [0.25, 0.3) is 78.0 Å². The second-order valence-corrected chi connectivity index (χ2v) is 27.2. The summed E-state index contributed by atoms with van der Waals surface area (Å²) in [7, 11) is -1.33. The van der Waals surface area contributed by atoms with E-state index in [4.69, 9.17) is 14.4 Å². The molecule has 373 valence electrons. The van der Waals surface area contributed by atoms with E-state index in [1.807, 2.05) is 30.6 Å². The standard InChI is InChI=1S/C34H29NO.C18H25NSi.C15H17N.Ir/c1-34(2,3)22-23-18-19-35-30(20-23)28-16-15-27(25-12-8-5-9-13-25)32-29-21-26(24-10-6-4-7-11-24)14-17-31(29)36-33(28)32;1-14(2)11-16-12-17(15-9-7-6-8-10-15)19-13-18(16)20(3,4)5;1-12(2)10-13-8-9-16-15(11-13)14-6-4-3-5-7-14;/h4-21H,22H2,1-3H3;6-10,12-14H,11H2,1-5H3;3-9,11-12H,10H2,1-2H3;. The van der Waals surface area contributed by atoms with E-state index in [1.54, 1.807) is 0 Å². The van der Waals surface area contributed by atoms with Crippen molar-refractivity contribution in [2.45, 2.75) is 87.4 Å². The number of fused-ring (bicyclic) bond motifs is 3. The number of rotatable bonds is 11. The van der Waals surface area contributed by atoms with Gasteiger partial charge in [0.25, 0.3) is 0 Å². The topological polar surface area (TPSA) is 51.8 Å². The Morgan fingerprint density at radius 1 is 0.479 bits per heavy atom. The largest absolute Gasteiger partial charge is 0.455 e. The second kappa shape index (κ2) is 24.4. The third kappa shape index (κ3) is 14.4. The average Bonchev–Trinajstić information content (AvgIpc) is 3.76. The van der Waals surface area contributed by atoms with Gasteiger partial charge in [0.2, 0.25) is 0 Å². The van der Waals surface area contributed by atoms with Crippen LogP contribution in [0.2, 0.25) is 19.6 Å². The van der Waals surface area contributed by atoms with Crippen molar-refractivity contribution in [2.24, 2.45) is 17.3 Å². The number of pyridine rings is 3. The van der Waals surface area contributed by atoms with Crippen LogP contribution in [0.15, 0.2) is 205 Å². The summed E-state index contributed by atoms with van der Waals surface area (Å²) in [6.45, 7) is 23.1. The molecule has 0 amide bonds. The van der Waals surface area contributed by atoms with E-state index < -0.39 is 8.07 Å². The summed E-state index contributed by atoms with van der Waals surface area (Å²) >= 11 is 0. The maximum Gasteiger partial charge on any atom is 0.145 e. The molecule has 10 rings (SSSR count). The Bertz CT molecular complexity index is 3340. The molecule has 0 unspecified atom stereocenters. The number of hydrogen-bond acceptors (Lipinski definition) is 4. The Kier molecular flexibility index (Phi) is 18.2. The molecule has 0 saturated carbocycles. The van der Waals surface area contributed by atoms with E-state index >= 15 is 0 Å². The molecule has 4 heterocycles. The zero-order valence-electron chi connectivity index (χ0n) is 44.4. The molecule has 6 heteroatoms. The molecule has 6 aromatic carbocycles. The van der Waals surface area contributed by atoms with Crippen LogP contribution < -0.4 is 5.19 Å². The first kappa shape index (κ1) is 54.2. The molecule has 4 nitrogen and oxygen atoms in total. The zero-order chi connectivity index (χ0) is 50.8. The predicted molar refractivity (Wildman–Crippen MR) is 310 cm³/mol. The van der Waals surface area contributed by atoms with Gasteiger partial charge in [-0.3, -0.25) is 15.0 Å². The molecule has 0 spiro atoms. The number of aromatic nitrogens is 3. The first-order valence-corrected chi connectivity index (χ1v) is 29.2. The normalized spacial score (nSPS) is 11.5. The Morgan fingerprint density at radius 2 is 0.986 bits per heavy atom. The van der Waals surface area contributed by atoms with Crippen LogP contribution in [0, 0.1) is 17.3 Å². The molecule has 0 aliphatic carbocycles. The Labute approximate surface area is 449 Å². The minimum absolute atomic E-state index is 0. The first-order chi connectivity index (χ1) is 34.6. The molecule has 0 atom stereocenters. The van der Waals surface area contributed by atoms with Crippen molar-refractivity contribution in [1.29, 1.82) is 0 Å². The number of nitrogens with zero attached hydrogens (tertiary/aromatic N) is 3. The molecule has 4 aromatic heterocycles. The van der Waals surface area contributed by atoms with Crippen molar-refractivity contribution >= 4 is 35.2 Å². The fraction of sp³-hybridized carbons (Fsp3) is 0.239. The van der Waals surface area contributed by atoms with Crippen molar-refractivity contribution in [3.05, 3.63) is 217 Å². The fourth-order valence-electron chi connectivity index (χ4n) is 9.48. The van der Waals surface area contributed by atoms with E-state index in [1.165, 1.54) is 55.3 Å². The van der Waals surface area contributed by atoms with E-state index in [0.717, 1.165) is 63.8 Å². The van der Waals surface area contributed by atoms with Crippen molar-refractivity contribution in [3.8, 4) is 56.0 Å². The summed E-state index contributed by atoms with van der Waals surface area (Å²) in [5.41, 5.74) is 17.4. The number of benzene rings is 6. The summed E-state index contributed by atoms with van der Waals surface area (Å²) in [4.78, 5) is 13.9. The van der Waals surface area contributed by atoms with Crippen LogP contribution in [0.1, 0.15) is 65.2 Å². The van der Waals surface area contributed by atoms with Gasteiger partial charge in [0.05, 0.1) is 25.2 Å².